The molecule has 88 valence electrons. The standard InChI is InChI=1S/C13H26N2/c1-11(2)14-10-12-9-13(12)15-7-5-3-4-6-8-15/h11-14H,3-10H2,1-2H3. The van der Waals surface area contributed by atoms with Gasteiger partial charge >= 0.3 is 0 Å². The van der Waals surface area contributed by atoms with Crippen LogP contribution in [0.25, 0.3) is 0 Å². The molecule has 1 heterocycles. The molecular formula is C13H26N2. The van der Waals surface area contributed by atoms with Crippen molar-refractivity contribution in [2.75, 3.05) is 19.6 Å². The summed E-state index contributed by atoms with van der Waals surface area (Å²) in [5, 5.41) is 3.57. The third kappa shape index (κ3) is 3.46. The molecule has 0 spiro atoms. The van der Waals surface area contributed by atoms with Crippen molar-refractivity contribution in [3.8, 4) is 0 Å². The largest absolute Gasteiger partial charge is 0.314 e. The number of hydrogen-bond acceptors (Lipinski definition) is 2. The molecule has 1 aliphatic carbocycles. The Bertz CT molecular complexity index is 183. The Kier molecular flexibility index (Phi) is 4.04. The summed E-state index contributed by atoms with van der Waals surface area (Å²) in [7, 11) is 0. The smallest absolute Gasteiger partial charge is 0.0140 e. The lowest BCUT2D eigenvalue weighted by Crippen LogP contribution is -2.31. The Labute approximate surface area is 94.4 Å². The normalized spacial score (nSPS) is 33.0. The highest BCUT2D eigenvalue weighted by molar-refractivity contribution is 4.96. The summed E-state index contributed by atoms with van der Waals surface area (Å²) >= 11 is 0. The number of hydrogen-bond donors (Lipinski definition) is 1. The minimum atomic E-state index is 0.649. The number of nitrogens with zero attached hydrogens (tertiary/aromatic N) is 1. The van der Waals surface area contributed by atoms with E-state index in [-0.39, 0.29) is 0 Å². The first-order valence-electron chi connectivity index (χ1n) is 6.75. The van der Waals surface area contributed by atoms with Gasteiger partial charge < -0.3 is 10.2 Å². The summed E-state index contributed by atoms with van der Waals surface area (Å²) < 4.78 is 0. The monoisotopic (exact) mass is 210 g/mol. The topological polar surface area (TPSA) is 15.3 Å². The maximum atomic E-state index is 3.57. The molecule has 1 aliphatic heterocycles. The zero-order valence-electron chi connectivity index (χ0n) is 10.3. The van der Waals surface area contributed by atoms with Crippen molar-refractivity contribution in [1.82, 2.24) is 10.2 Å². The highest BCUT2D eigenvalue weighted by Crippen LogP contribution is 2.36. The number of likely N-dealkylation sites (tertiary alicyclic amines) is 1. The van der Waals surface area contributed by atoms with E-state index in [1.165, 1.54) is 51.7 Å². The Morgan fingerprint density at radius 1 is 1.13 bits per heavy atom. The van der Waals surface area contributed by atoms with Crippen LogP contribution in [0, 0.1) is 5.92 Å². The predicted molar refractivity (Wildman–Crippen MR) is 65.1 cm³/mol. The summed E-state index contributed by atoms with van der Waals surface area (Å²) in [5.41, 5.74) is 0. The third-order valence-corrected chi connectivity index (χ3v) is 3.78. The van der Waals surface area contributed by atoms with E-state index in [0.717, 1.165) is 12.0 Å². The zero-order valence-corrected chi connectivity index (χ0v) is 10.3. The fourth-order valence-corrected chi connectivity index (χ4v) is 2.71. The SMILES string of the molecule is CC(C)NCC1CC1N1CCCCCC1. The van der Waals surface area contributed by atoms with Gasteiger partial charge in [0.1, 0.15) is 0 Å². The van der Waals surface area contributed by atoms with E-state index < -0.39 is 0 Å². The lowest BCUT2D eigenvalue weighted by molar-refractivity contribution is 0.260. The molecule has 2 heteroatoms. The third-order valence-electron chi connectivity index (χ3n) is 3.78. The first-order valence-corrected chi connectivity index (χ1v) is 6.75. The lowest BCUT2D eigenvalue weighted by Gasteiger charge is -2.20. The van der Waals surface area contributed by atoms with Gasteiger partial charge in [-0.2, -0.15) is 0 Å². The summed E-state index contributed by atoms with van der Waals surface area (Å²) in [4.78, 5) is 2.75. The highest BCUT2D eigenvalue weighted by atomic mass is 15.2. The van der Waals surface area contributed by atoms with Gasteiger partial charge in [0.05, 0.1) is 0 Å². The van der Waals surface area contributed by atoms with Gasteiger partial charge in [-0.3, -0.25) is 0 Å². The molecule has 1 saturated heterocycles. The maximum absolute atomic E-state index is 3.57. The molecule has 0 amide bonds. The van der Waals surface area contributed by atoms with E-state index in [1.807, 2.05) is 0 Å². The Balaban J connectivity index is 1.67. The van der Waals surface area contributed by atoms with Gasteiger partial charge in [0.2, 0.25) is 0 Å². The van der Waals surface area contributed by atoms with E-state index >= 15 is 0 Å². The van der Waals surface area contributed by atoms with Gasteiger partial charge in [-0.15, -0.1) is 0 Å². The molecule has 0 aromatic carbocycles. The molecule has 15 heavy (non-hydrogen) atoms. The number of rotatable bonds is 4. The Morgan fingerprint density at radius 2 is 1.80 bits per heavy atom. The molecule has 2 unspecified atom stereocenters. The fraction of sp³-hybridized carbons (Fsp3) is 1.00. The summed E-state index contributed by atoms with van der Waals surface area (Å²) in [6.45, 7) is 8.44. The molecule has 2 atom stereocenters. The van der Waals surface area contributed by atoms with Crippen LogP contribution in [0.4, 0.5) is 0 Å². The van der Waals surface area contributed by atoms with Crippen LogP contribution < -0.4 is 5.32 Å². The van der Waals surface area contributed by atoms with Crippen molar-refractivity contribution >= 4 is 0 Å². The molecule has 2 rings (SSSR count). The second-order valence-electron chi connectivity index (χ2n) is 5.58. The van der Waals surface area contributed by atoms with Crippen molar-refractivity contribution in [1.29, 1.82) is 0 Å². The average Bonchev–Trinajstić information content (AvgIpc) is 2.99. The van der Waals surface area contributed by atoms with Gasteiger partial charge in [-0.05, 0) is 44.8 Å². The van der Waals surface area contributed by atoms with E-state index in [1.54, 1.807) is 0 Å². The first-order chi connectivity index (χ1) is 7.27. The second-order valence-corrected chi connectivity index (χ2v) is 5.58. The lowest BCUT2D eigenvalue weighted by atomic mass is 10.2. The molecule has 1 N–H and O–H groups in total. The van der Waals surface area contributed by atoms with Gasteiger partial charge in [-0.25, -0.2) is 0 Å². The van der Waals surface area contributed by atoms with Crippen molar-refractivity contribution in [3.05, 3.63) is 0 Å². The Hall–Kier alpha value is -0.0800. The molecule has 0 aromatic heterocycles. The van der Waals surface area contributed by atoms with Crippen LogP contribution in [0.3, 0.4) is 0 Å². The van der Waals surface area contributed by atoms with E-state index in [0.29, 0.717) is 6.04 Å². The predicted octanol–water partition coefficient (Wildman–Crippen LogP) is 2.25. The van der Waals surface area contributed by atoms with Crippen LogP contribution in [0.1, 0.15) is 46.0 Å². The second kappa shape index (κ2) is 5.31. The van der Waals surface area contributed by atoms with Gasteiger partial charge in [0.15, 0.2) is 0 Å². The Morgan fingerprint density at radius 3 is 2.40 bits per heavy atom. The van der Waals surface area contributed by atoms with Gasteiger partial charge in [-0.1, -0.05) is 26.7 Å². The molecule has 0 aromatic rings. The van der Waals surface area contributed by atoms with Crippen molar-refractivity contribution < 1.29 is 0 Å². The van der Waals surface area contributed by atoms with E-state index in [9.17, 15) is 0 Å². The minimum absolute atomic E-state index is 0.649. The van der Waals surface area contributed by atoms with Crippen LogP contribution in [0.15, 0.2) is 0 Å². The molecule has 1 saturated carbocycles. The minimum Gasteiger partial charge on any atom is -0.314 e. The van der Waals surface area contributed by atoms with Crippen molar-refractivity contribution in [2.45, 2.75) is 58.0 Å². The molecule has 2 fully saturated rings. The highest BCUT2D eigenvalue weighted by Gasteiger charge is 2.40. The summed E-state index contributed by atoms with van der Waals surface area (Å²) in [6.07, 6.45) is 7.22. The zero-order chi connectivity index (χ0) is 10.7. The van der Waals surface area contributed by atoms with Crippen LogP contribution >= 0.6 is 0 Å². The van der Waals surface area contributed by atoms with Crippen molar-refractivity contribution in [3.63, 3.8) is 0 Å². The van der Waals surface area contributed by atoms with Crippen LogP contribution in [-0.4, -0.2) is 36.6 Å². The molecule has 0 bridgehead atoms. The van der Waals surface area contributed by atoms with Crippen LogP contribution in [0.2, 0.25) is 0 Å². The van der Waals surface area contributed by atoms with Crippen LogP contribution in [-0.2, 0) is 0 Å². The van der Waals surface area contributed by atoms with E-state index in [2.05, 4.69) is 24.1 Å². The molecule has 0 radical (unpaired) electrons. The van der Waals surface area contributed by atoms with Crippen molar-refractivity contribution in [2.24, 2.45) is 5.92 Å². The average molecular weight is 210 g/mol. The fourth-order valence-electron chi connectivity index (χ4n) is 2.71. The quantitative estimate of drug-likeness (QED) is 0.765. The first kappa shape index (κ1) is 11.4. The molecule has 2 nitrogen and oxygen atoms in total. The summed E-state index contributed by atoms with van der Waals surface area (Å²) in [6, 6.07) is 1.57. The van der Waals surface area contributed by atoms with E-state index in [4.69, 9.17) is 0 Å². The maximum Gasteiger partial charge on any atom is 0.0140 e. The molecular weight excluding hydrogens is 184 g/mol. The summed E-state index contributed by atoms with van der Waals surface area (Å²) in [5.74, 6) is 0.950. The molecule has 2 aliphatic rings. The van der Waals surface area contributed by atoms with Gasteiger partial charge in [0, 0.05) is 12.1 Å². The number of nitrogens with one attached hydrogen (secondary N) is 1. The van der Waals surface area contributed by atoms with Gasteiger partial charge in [0.25, 0.3) is 0 Å². The van der Waals surface area contributed by atoms with Crippen LogP contribution in [0.5, 0.6) is 0 Å².